The summed E-state index contributed by atoms with van der Waals surface area (Å²) in [4.78, 5) is 84.7. The van der Waals surface area contributed by atoms with Crippen LogP contribution in [0.25, 0.3) is 22.3 Å². The van der Waals surface area contributed by atoms with Crippen molar-refractivity contribution < 1.29 is 38.2 Å². The Morgan fingerprint density at radius 3 is 2.39 bits per heavy atom. The molecule has 0 saturated carbocycles. The molecule has 1 unspecified atom stereocenters. The van der Waals surface area contributed by atoms with Crippen molar-refractivity contribution in [1.82, 2.24) is 34.9 Å². The number of aromatic amines is 1. The maximum Gasteiger partial charge on any atom is 0.423 e. The predicted molar refractivity (Wildman–Crippen MR) is 249 cm³/mol. The number of primary amides is 1. The summed E-state index contributed by atoms with van der Waals surface area (Å²) in [5.41, 5.74) is 15.5. The van der Waals surface area contributed by atoms with Crippen LogP contribution >= 0.6 is 11.6 Å². The number of benzene rings is 4. The van der Waals surface area contributed by atoms with Gasteiger partial charge in [0.05, 0.1) is 11.1 Å². The number of halogens is 1. The molecule has 0 aliphatic carbocycles. The van der Waals surface area contributed by atoms with Gasteiger partial charge in [-0.2, -0.15) is 10.00 Å². The summed E-state index contributed by atoms with van der Waals surface area (Å²) in [6.45, 7) is 5.19. The lowest BCUT2D eigenvalue weighted by molar-refractivity contribution is -0.149. The number of rotatable bonds is 10. The number of para-hydroxylation sites is 1. The van der Waals surface area contributed by atoms with Crippen LogP contribution in [0.5, 0.6) is 11.5 Å². The molecule has 344 valence electrons. The molecule has 67 heavy (non-hydrogen) atoms. The number of nitrogens with two attached hydrogens (primary N) is 2. The molecule has 0 bridgehead atoms. The van der Waals surface area contributed by atoms with Gasteiger partial charge < -0.3 is 36.1 Å². The van der Waals surface area contributed by atoms with E-state index in [2.05, 4.69) is 37.8 Å². The van der Waals surface area contributed by atoms with Gasteiger partial charge in [0, 0.05) is 60.0 Å². The van der Waals surface area contributed by atoms with Crippen LogP contribution in [0.15, 0.2) is 116 Å². The van der Waals surface area contributed by atoms with E-state index in [4.69, 9.17) is 31.6 Å². The number of hydrogen-bond acceptors (Lipinski definition) is 13. The average molecular weight is 927 g/mol. The summed E-state index contributed by atoms with van der Waals surface area (Å²) in [7, 11) is 0. The van der Waals surface area contributed by atoms with Crippen molar-refractivity contribution in [2.24, 2.45) is 5.73 Å². The molecule has 2 aromatic heterocycles. The highest BCUT2D eigenvalue weighted by Crippen LogP contribution is 2.32. The molecule has 4 aromatic carbocycles. The summed E-state index contributed by atoms with van der Waals surface area (Å²) in [5, 5.41) is 11.8. The van der Waals surface area contributed by atoms with Crippen LogP contribution in [0, 0.1) is 0 Å². The third-order valence-electron chi connectivity index (χ3n) is 11.1. The highest BCUT2D eigenvalue weighted by molar-refractivity contribution is 6.30. The van der Waals surface area contributed by atoms with Crippen molar-refractivity contribution in [1.29, 1.82) is 0 Å². The van der Waals surface area contributed by atoms with Crippen molar-refractivity contribution in [2.75, 3.05) is 30.7 Å². The van der Waals surface area contributed by atoms with E-state index < -0.39 is 30.6 Å². The third-order valence-corrected chi connectivity index (χ3v) is 11.3. The number of piperidine rings is 2. The Labute approximate surface area is 389 Å². The molecule has 1 atom stereocenters. The number of nitrogen functional groups attached to an aromatic ring is 1. The topological polar surface area (TPSA) is 249 Å². The van der Waals surface area contributed by atoms with E-state index in [1.807, 2.05) is 84.9 Å². The first-order chi connectivity index (χ1) is 32.4. The quantitative estimate of drug-likeness (QED) is 0.0641. The molecule has 0 radical (unpaired) electrons. The molecule has 6 aromatic rings. The second kappa shape index (κ2) is 21.7. The maximum atomic E-state index is 13.3. The second-order valence-corrected chi connectivity index (χ2v) is 16.0. The number of imide groups is 3. The minimum Gasteiger partial charge on any atom is -0.457 e. The molecule has 3 aliphatic rings. The molecule has 0 spiro atoms. The van der Waals surface area contributed by atoms with Gasteiger partial charge in [-0.05, 0) is 97.5 Å². The number of nitrogens with one attached hydrogen (secondary N) is 2. The fourth-order valence-corrected chi connectivity index (χ4v) is 8.00. The smallest absolute Gasteiger partial charge is 0.423 e. The first kappa shape index (κ1) is 46.9. The highest BCUT2D eigenvalue weighted by atomic mass is 35.5. The van der Waals surface area contributed by atoms with Gasteiger partial charge in [0.2, 0.25) is 12.3 Å². The first-order valence-corrected chi connectivity index (χ1v) is 21.7. The predicted octanol–water partition coefficient (Wildman–Crippen LogP) is 6.63. The summed E-state index contributed by atoms with van der Waals surface area (Å²) < 4.78 is 10.9. The first-order valence-electron chi connectivity index (χ1n) is 21.3. The lowest BCUT2D eigenvalue weighted by Crippen LogP contribution is -2.56. The van der Waals surface area contributed by atoms with E-state index in [-0.39, 0.29) is 43.2 Å². The SMILES string of the molecule is C=C(COC(=O)N1C(=O)CCC(N2Cc3cc(CNc4cccc(Cl)c4)ccc3C2=O)C1=O)C(=O)N1CCCCC1.NC=O.Nc1ncnc2n[nH]c(-c3ccc(Oc4ccccc4)cc3)c12. The average Bonchev–Trinajstić information content (AvgIpc) is 3.92. The van der Waals surface area contributed by atoms with Crippen LogP contribution in [0.4, 0.5) is 16.3 Å². The number of H-pyrrole nitrogens is 1. The van der Waals surface area contributed by atoms with E-state index in [1.165, 1.54) is 11.2 Å². The van der Waals surface area contributed by atoms with Crippen LogP contribution in [0.2, 0.25) is 5.02 Å². The van der Waals surface area contributed by atoms with E-state index in [0.29, 0.717) is 46.6 Å². The van der Waals surface area contributed by atoms with Gasteiger partial charge in [-0.25, -0.2) is 14.8 Å². The lowest BCUT2D eigenvalue weighted by Gasteiger charge is -2.34. The summed E-state index contributed by atoms with van der Waals surface area (Å²) in [6.07, 6.45) is 3.33. The van der Waals surface area contributed by atoms with Crippen LogP contribution in [-0.4, -0.2) is 96.7 Å². The zero-order valence-electron chi connectivity index (χ0n) is 36.2. The number of hydrogen-bond donors (Lipinski definition) is 4. The number of aromatic nitrogens is 4. The minimum absolute atomic E-state index is 0.0690. The van der Waals surface area contributed by atoms with Crippen LogP contribution in [-0.2, 0) is 37.0 Å². The monoisotopic (exact) mass is 926 g/mol. The molecule has 2 saturated heterocycles. The Morgan fingerprint density at radius 2 is 1.66 bits per heavy atom. The lowest BCUT2D eigenvalue weighted by atomic mass is 10.0. The minimum atomic E-state index is -1.17. The second-order valence-electron chi connectivity index (χ2n) is 15.6. The van der Waals surface area contributed by atoms with Crippen molar-refractivity contribution in [3.05, 3.63) is 137 Å². The number of anilines is 2. The zero-order valence-corrected chi connectivity index (χ0v) is 37.0. The van der Waals surface area contributed by atoms with Gasteiger partial charge in [0.1, 0.15) is 36.3 Å². The van der Waals surface area contributed by atoms with Crippen LogP contribution in [0.1, 0.15) is 53.6 Å². The Hall–Kier alpha value is -8.12. The summed E-state index contributed by atoms with van der Waals surface area (Å²) >= 11 is 6.05. The number of fused-ring (bicyclic) bond motifs is 2. The van der Waals surface area contributed by atoms with Crippen molar-refractivity contribution in [3.8, 4) is 22.8 Å². The molecule has 3 aliphatic heterocycles. The molecule has 2 fully saturated rings. The maximum absolute atomic E-state index is 13.3. The fraction of sp³-hybridized carbons (Fsp3) is 0.229. The standard InChI is InChI=1S/C30H31ClN4O6.C17H13N5O.CH3NO/c1-19(27(37)33-12-3-2-4-13-33)18-41-30(40)35-26(36)11-10-25(29(35)39)34-17-21-14-20(8-9-24(21)28(34)38)16-32-23-7-5-6-22(31)15-23;18-16-14-15(21-22-17(14)20-10-19-16)11-6-8-13(9-7-11)23-12-4-2-1-3-5-12;2-1-3/h5-9,14-15,25,32H,1-4,10-13,16-18H2;1-10H,(H3,18,19,20,21,22);1H,(H2,2,3). The Morgan fingerprint density at radius 1 is 0.925 bits per heavy atom. The van der Waals surface area contributed by atoms with Gasteiger partial charge >= 0.3 is 6.09 Å². The molecule has 6 N–H and O–H groups in total. The highest BCUT2D eigenvalue weighted by Gasteiger charge is 2.45. The number of carbonyl (C=O) groups excluding carboxylic acids is 6. The largest absolute Gasteiger partial charge is 0.457 e. The van der Waals surface area contributed by atoms with Gasteiger partial charge in [-0.1, -0.05) is 54.6 Å². The summed E-state index contributed by atoms with van der Waals surface area (Å²) in [5.74, 6) is -0.211. The number of nitrogens with zero attached hydrogens (tertiary/aromatic N) is 6. The van der Waals surface area contributed by atoms with Crippen LogP contribution in [0.3, 0.4) is 0 Å². The molecule has 6 amide bonds. The van der Waals surface area contributed by atoms with E-state index >= 15 is 0 Å². The Balaban J connectivity index is 0.000000215. The van der Waals surface area contributed by atoms with E-state index in [1.54, 1.807) is 17.0 Å². The van der Waals surface area contributed by atoms with Crippen molar-refractivity contribution >= 4 is 70.3 Å². The van der Waals surface area contributed by atoms with Gasteiger partial charge in [-0.3, -0.25) is 29.1 Å². The van der Waals surface area contributed by atoms with Crippen molar-refractivity contribution in [3.63, 3.8) is 0 Å². The number of likely N-dealkylation sites (tertiary alicyclic amines) is 2. The van der Waals surface area contributed by atoms with Crippen LogP contribution < -0.4 is 21.5 Å². The van der Waals surface area contributed by atoms with Gasteiger partial charge in [-0.15, -0.1) is 0 Å². The van der Waals surface area contributed by atoms with Gasteiger partial charge in [0.15, 0.2) is 5.65 Å². The Kier molecular flexibility index (Phi) is 15.2. The fourth-order valence-electron chi connectivity index (χ4n) is 7.81. The van der Waals surface area contributed by atoms with Crippen molar-refractivity contribution in [2.45, 2.75) is 51.2 Å². The molecular formula is C48H47ClN10O8. The van der Waals surface area contributed by atoms with E-state index in [0.717, 1.165) is 64.2 Å². The molecule has 19 heteroatoms. The zero-order chi connectivity index (χ0) is 47.5. The summed E-state index contributed by atoms with van der Waals surface area (Å²) in [6, 6.07) is 29.1. The molecule has 5 heterocycles. The third kappa shape index (κ3) is 11.2. The normalized spacial score (nSPS) is 15.4. The Bertz CT molecular complexity index is 2800. The molecule has 18 nitrogen and oxygen atoms in total. The number of ether oxygens (including phenoxy) is 2. The molecule has 9 rings (SSSR count). The van der Waals surface area contributed by atoms with Gasteiger partial charge in [0.25, 0.3) is 17.7 Å². The molecular weight excluding hydrogens is 880 g/mol. The number of amides is 6. The van der Waals surface area contributed by atoms with E-state index in [9.17, 15) is 24.0 Å². The number of carbonyl (C=O) groups is 6.